The fourth-order valence-electron chi connectivity index (χ4n) is 3.51. The van der Waals surface area contributed by atoms with Crippen molar-refractivity contribution in [3.05, 3.63) is 29.3 Å². The minimum absolute atomic E-state index is 0.190. The van der Waals surface area contributed by atoms with E-state index in [9.17, 15) is 9.18 Å². The van der Waals surface area contributed by atoms with Crippen LogP contribution in [0.1, 0.15) is 46.7 Å². The second-order valence-corrected chi connectivity index (χ2v) is 6.99. The van der Waals surface area contributed by atoms with E-state index < -0.39 is 6.67 Å². The van der Waals surface area contributed by atoms with E-state index in [1.807, 2.05) is 0 Å². The van der Waals surface area contributed by atoms with Crippen molar-refractivity contribution in [3.8, 4) is 11.8 Å². The van der Waals surface area contributed by atoms with Gasteiger partial charge < -0.3 is 14.4 Å². The van der Waals surface area contributed by atoms with Gasteiger partial charge in [0.15, 0.2) is 5.82 Å². The van der Waals surface area contributed by atoms with Crippen LogP contribution in [0.2, 0.25) is 0 Å². The fourth-order valence-corrected chi connectivity index (χ4v) is 3.51. The van der Waals surface area contributed by atoms with Crippen molar-refractivity contribution in [2.75, 3.05) is 34.0 Å². The average Bonchev–Trinajstić information content (AvgIpc) is 3.28. The van der Waals surface area contributed by atoms with Crippen LogP contribution in [0, 0.1) is 5.92 Å². The molecule has 0 spiro atoms. The molecule has 4 rings (SSSR count). The van der Waals surface area contributed by atoms with Crippen LogP contribution in [-0.2, 0) is 0 Å². The Morgan fingerprint density at radius 1 is 1.26 bits per heavy atom. The zero-order valence-electron chi connectivity index (χ0n) is 15.3. The van der Waals surface area contributed by atoms with Crippen molar-refractivity contribution in [1.29, 1.82) is 0 Å². The highest BCUT2D eigenvalue weighted by atomic mass is 19.1. The lowest BCUT2D eigenvalue weighted by atomic mass is 9.97. The lowest BCUT2D eigenvalue weighted by molar-refractivity contribution is 0.0780. The third kappa shape index (κ3) is 3.33. The Labute approximate surface area is 156 Å². The Morgan fingerprint density at radius 2 is 2.07 bits per heavy atom. The predicted molar refractivity (Wildman–Crippen MR) is 93.8 cm³/mol. The summed E-state index contributed by atoms with van der Waals surface area (Å²) in [4.78, 5) is 23.3. The molecule has 1 N–H and O–H groups in total. The monoisotopic (exact) mass is 375 g/mol. The van der Waals surface area contributed by atoms with Crippen LogP contribution in [0.5, 0.6) is 11.8 Å². The number of pyridine rings is 1. The molecule has 27 heavy (non-hydrogen) atoms. The van der Waals surface area contributed by atoms with Gasteiger partial charge in [0.1, 0.15) is 11.4 Å². The van der Waals surface area contributed by atoms with E-state index in [4.69, 9.17) is 9.47 Å². The van der Waals surface area contributed by atoms with Crippen LogP contribution < -0.4 is 9.47 Å². The molecule has 2 atom stereocenters. The van der Waals surface area contributed by atoms with E-state index >= 15 is 0 Å². The molecule has 2 fully saturated rings. The van der Waals surface area contributed by atoms with Gasteiger partial charge in [-0.25, -0.2) is 4.98 Å². The molecule has 2 aromatic heterocycles. The maximum absolute atomic E-state index is 13.6. The maximum Gasteiger partial charge on any atom is 0.259 e. The summed E-state index contributed by atoms with van der Waals surface area (Å²) in [6.45, 7) is 0.169. The number of carbonyl (C=O) groups excluding carboxylic acids is 1. The number of aromatic nitrogens is 4. The molecule has 9 heteroatoms. The Morgan fingerprint density at radius 3 is 2.74 bits per heavy atom. The van der Waals surface area contributed by atoms with Crippen molar-refractivity contribution in [3.63, 3.8) is 0 Å². The highest BCUT2D eigenvalue weighted by molar-refractivity contribution is 5.96. The normalized spacial score (nSPS) is 22.1. The third-order valence-electron chi connectivity index (χ3n) is 5.21. The maximum atomic E-state index is 13.6. The van der Waals surface area contributed by atoms with Crippen LogP contribution in [0.3, 0.4) is 0 Å². The van der Waals surface area contributed by atoms with E-state index in [1.54, 1.807) is 17.0 Å². The molecule has 0 bridgehead atoms. The minimum atomic E-state index is -0.522. The largest absolute Gasteiger partial charge is 0.481 e. The number of hydrogen-bond donors (Lipinski definition) is 1. The molecule has 1 aliphatic heterocycles. The summed E-state index contributed by atoms with van der Waals surface area (Å²) in [5.74, 6) is 1.68. The first-order valence-corrected chi connectivity index (χ1v) is 9.01. The average molecular weight is 375 g/mol. The number of likely N-dealkylation sites (tertiary alicyclic amines) is 1. The summed E-state index contributed by atoms with van der Waals surface area (Å²) in [5, 5.41) is 7.21. The SMILES string of the molecule is COc1ccc(C(=O)N2C[C@@H](CF)[C@H](c3nc(C4CC4)n[nH]3)C2)c(OC)n1. The number of hydrogen-bond acceptors (Lipinski definition) is 6. The van der Waals surface area contributed by atoms with Gasteiger partial charge in [-0.1, -0.05) is 0 Å². The van der Waals surface area contributed by atoms with Gasteiger partial charge in [-0.05, 0) is 18.9 Å². The first-order chi connectivity index (χ1) is 13.1. The van der Waals surface area contributed by atoms with Crippen LogP contribution in [0.4, 0.5) is 4.39 Å². The Kier molecular flexibility index (Phi) is 4.67. The lowest BCUT2D eigenvalue weighted by Gasteiger charge is -2.17. The smallest absolute Gasteiger partial charge is 0.259 e. The summed E-state index contributed by atoms with van der Waals surface area (Å²) in [6.07, 6.45) is 2.20. The van der Waals surface area contributed by atoms with Crippen molar-refractivity contribution in [2.24, 2.45) is 5.92 Å². The molecular formula is C18H22FN5O3. The predicted octanol–water partition coefficient (Wildman–Crippen LogP) is 1.92. The molecule has 8 nitrogen and oxygen atoms in total. The van der Waals surface area contributed by atoms with E-state index in [-0.39, 0.29) is 23.6 Å². The summed E-state index contributed by atoms with van der Waals surface area (Å²) in [7, 11) is 2.94. The van der Waals surface area contributed by atoms with Gasteiger partial charge in [-0.15, -0.1) is 0 Å². The number of nitrogens with zero attached hydrogens (tertiary/aromatic N) is 4. The van der Waals surface area contributed by atoms with Gasteiger partial charge in [-0.3, -0.25) is 14.3 Å². The first-order valence-electron chi connectivity index (χ1n) is 9.01. The van der Waals surface area contributed by atoms with Gasteiger partial charge in [0.25, 0.3) is 5.91 Å². The first kappa shape index (κ1) is 17.7. The number of ether oxygens (including phenoxy) is 2. The number of H-pyrrole nitrogens is 1. The number of halogens is 1. The fraction of sp³-hybridized carbons (Fsp3) is 0.556. The summed E-state index contributed by atoms with van der Waals surface area (Å²) >= 11 is 0. The zero-order valence-corrected chi connectivity index (χ0v) is 15.3. The number of carbonyl (C=O) groups is 1. The number of alkyl halides is 1. The number of nitrogens with one attached hydrogen (secondary N) is 1. The topological polar surface area (TPSA) is 93.2 Å². The standard InChI is InChI=1S/C18H22FN5O3/c1-26-14-6-5-12(17(20-14)27-2)18(25)24-8-11(7-19)13(9-24)16-21-15(22-23-16)10-3-4-10/h5-6,10-11,13H,3-4,7-9H2,1-2H3,(H,21,22,23)/t11-,13-/m1/s1. The second-order valence-electron chi connectivity index (χ2n) is 6.99. The molecule has 144 valence electrons. The van der Waals surface area contributed by atoms with E-state index in [0.717, 1.165) is 18.7 Å². The summed E-state index contributed by atoms with van der Waals surface area (Å²) in [5.41, 5.74) is 0.327. The van der Waals surface area contributed by atoms with Crippen molar-refractivity contribution >= 4 is 5.91 Å². The summed E-state index contributed by atoms with van der Waals surface area (Å²) in [6, 6.07) is 3.22. The zero-order chi connectivity index (χ0) is 19.0. The van der Waals surface area contributed by atoms with Crippen LogP contribution in [0.15, 0.2) is 12.1 Å². The van der Waals surface area contributed by atoms with Gasteiger partial charge in [-0.2, -0.15) is 10.1 Å². The summed E-state index contributed by atoms with van der Waals surface area (Å²) < 4.78 is 23.9. The minimum Gasteiger partial charge on any atom is -0.481 e. The number of amides is 1. The molecule has 1 amide bonds. The highest BCUT2D eigenvalue weighted by Crippen LogP contribution is 2.39. The quantitative estimate of drug-likeness (QED) is 0.829. The van der Waals surface area contributed by atoms with Gasteiger partial charge in [0.05, 0.1) is 20.9 Å². The Balaban J connectivity index is 1.54. The van der Waals surface area contributed by atoms with Crippen molar-refractivity contribution in [2.45, 2.75) is 24.7 Å². The molecule has 2 aromatic rings. The molecule has 3 heterocycles. The number of rotatable bonds is 6. The van der Waals surface area contributed by atoms with Crippen molar-refractivity contribution < 1.29 is 18.7 Å². The van der Waals surface area contributed by atoms with Crippen LogP contribution in [0.25, 0.3) is 0 Å². The lowest BCUT2D eigenvalue weighted by Crippen LogP contribution is -2.29. The number of methoxy groups -OCH3 is 2. The van der Waals surface area contributed by atoms with Gasteiger partial charge in [0.2, 0.25) is 11.8 Å². The molecular weight excluding hydrogens is 353 g/mol. The highest BCUT2D eigenvalue weighted by Gasteiger charge is 2.40. The molecule has 1 saturated carbocycles. The van der Waals surface area contributed by atoms with Crippen molar-refractivity contribution in [1.82, 2.24) is 25.1 Å². The van der Waals surface area contributed by atoms with E-state index in [2.05, 4.69) is 20.2 Å². The van der Waals surface area contributed by atoms with E-state index in [1.165, 1.54) is 14.2 Å². The molecule has 0 unspecified atom stereocenters. The van der Waals surface area contributed by atoms with E-state index in [0.29, 0.717) is 36.3 Å². The second kappa shape index (κ2) is 7.13. The van der Waals surface area contributed by atoms with Gasteiger partial charge >= 0.3 is 0 Å². The molecule has 0 aromatic carbocycles. The molecule has 1 aliphatic carbocycles. The van der Waals surface area contributed by atoms with Gasteiger partial charge in [0, 0.05) is 36.9 Å². The number of aromatic amines is 1. The molecule has 1 saturated heterocycles. The molecule has 2 aliphatic rings. The Bertz CT molecular complexity index is 838. The van der Waals surface area contributed by atoms with Crippen LogP contribution >= 0.6 is 0 Å². The van der Waals surface area contributed by atoms with Crippen LogP contribution in [-0.4, -0.2) is 65.0 Å². The third-order valence-corrected chi connectivity index (χ3v) is 5.21. The Hall–Kier alpha value is -2.71. The molecule has 0 radical (unpaired) electrons.